The van der Waals surface area contributed by atoms with Crippen LogP contribution in [0.5, 0.6) is 0 Å². The number of aromatic amines is 2. The van der Waals surface area contributed by atoms with E-state index in [1.54, 1.807) is 6.20 Å². The molecule has 2 aromatic carbocycles. The van der Waals surface area contributed by atoms with E-state index in [1.165, 1.54) is 44.9 Å². The first kappa shape index (κ1) is 30.8. The summed E-state index contributed by atoms with van der Waals surface area (Å²) in [5, 5.41) is 10.9. The Balaban J connectivity index is 0.000000156. The summed E-state index contributed by atoms with van der Waals surface area (Å²) in [5.74, 6) is -0.758. The van der Waals surface area contributed by atoms with Crippen LogP contribution in [0.15, 0.2) is 81.2 Å². The van der Waals surface area contributed by atoms with Crippen LogP contribution >= 0.6 is 54.5 Å². The largest absolute Gasteiger partial charge is 0.477 e. The van der Waals surface area contributed by atoms with E-state index >= 15 is 0 Å². The number of aromatic nitrogens is 4. The van der Waals surface area contributed by atoms with Gasteiger partial charge in [-0.15, -0.1) is 22.7 Å². The molecule has 0 atom stereocenters. The fourth-order valence-electron chi connectivity index (χ4n) is 4.13. The van der Waals surface area contributed by atoms with Crippen molar-refractivity contribution in [1.82, 2.24) is 19.9 Å². The Morgan fingerprint density at radius 1 is 0.805 bits per heavy atom. The summed E-state index contributed by atoms with van der Waals surface area (Å²) in [6.07, 6.45) is 10.3. The SMILES string of the molecule is NCCc1c[nH]c2ccccc12.O=C(CCCc1c[nH]c2ccccc12)c1cnc(Br)s1.O=C(O)c1cnc(Br)s1. The number of carbonyl (C=O) groups is 2. The van der Waals surface area contributed by atoms with Gasteiger partial charge in [0.15, 0.2) is 13.6 Å². The minimum atomic E-state index is -0.932. The molecule has 0 aliphatic carbocycles. The number of carboxylic acid groups (broad SMARTS) is 1. The fraction of sp³-hybridized carbons (Fsp3) is 0.172. The summed E-state index contributed by atoms with van der Waals surface area (Å²) >= 11 is 8.82. The molecule has 0 bridgehead atoms. The lowest BCUT2D eigenvalue weighted by molar-refractivity contribution is 0.0701. The molecule has 6 rings (SSSR count). The topological polar surface area (TPSA) is 138 Å². The van der Waals surface area contributed by atoms with Crippen molar-refractivity contribution in [3.63, 3.8) is 0 Å². The monoisotopic (exact) mass is 715 g/mol. The molecular formula is C29H27Br2N5O3S2. The van der Waals surface area contributed by atoms with Crippen molar-refractivity contribution in [3.8, 4) is 0 Å². The second-order valence-electron chi connectivity index (χ2n) is 8.79. The minimum absolute atomic E-state index is 0.174. The zero-order valence-electron chi connectivity index (χ0n) is 21.8. The minimum Gasteiger partial charge on any atom is -0.477 e. The number of fused-ring (bicyclic) bond motifs is 2. The average Bonchev–Trinajstić information content (AvgIpc) is 3.78. The smallest absolute Gasteiger partial charge is 0.347 e. The molecule has 8 nitrogen and oxygen atoms in total. The van der Waals surface area contributed by atoms with E-state index in [0.29, 0.717) is 16.9 Å². The summed E-state index contributed by atoms with van der Waals surface area (Å²) < 4.78 is 1.36. The molecule has 5 N–H and O–H groups in total. The Labute approximate surface area is 261 Å². The second-order valence-corrected chi connectivity index (χ2v) is 13.4. The number of nitrogens with zero attached hydrogens (tertiary/aromatic N) is 2. The highest BCUT2D eigenvalue weighted by atomic mass is 79.9. The summed E-state index contributed by atoms with van der Waals surface area (Å²) in [5.41, 5.74) is 10.4. The summed E-state index contributed by atoms with van der Waals surface area (Å²) in [4.78, 5) is 37.4. The fourth-order valence-corrected chi connectivity index (χ4v) is 6.47. The van der Waals surface area contributed by atoms with Crippen molar-refractivity contribution in [2.75, 3.05) is 6.54 Å². The van der Waals surface area contributed by atoms with Crippen LogP contribution in [0, 0.1) is 0 Å². The number of hydrogen-bond acceptors (Lipinski definition) is 7. The zero-order chi connectivity index (χ0) is 29.2. The van der Waals surface area contributed by atoms with Gasteiger partial charge in [-0.3, -0.25) is 4.79 Å². The van der Waals surface area contributed by atoms with Crippen molar-refractivity contribution >= 4 is 88.1 Å². The van der Waals surface area contributed by atoms with Crippen molar-refractivity contribution in [1.29, 1.82) is 0 Å². The number of carbonyl (C=O) groups excluding carboxylic acids is 1. The van der Waals surface area contributed by atoms with Gasteiger partial charge in [-0.2, -0.15) is 0 Å². The third-order valence-corrected chi connectivity index (χ3v) is 9.04. The number of para-hydroxylation sites is 2. The number of nitrogens with one attached hydrogen (secondary N) is 2. The number of H-pyrrole nitrogens is 2. The molecule has 0 saturated heterocycles. The molecule has 6 aromatic rings. The zero-order valence-corrected chi connectivity index (χ0v) is 26.6. The molecule has 0 saturated carbocycles. The van der Waals surface area contributed by atoms with E-state index < -0.39 is 5.97 Å². The van der Waals surface area contributed by atoms with Crippen LogP contribution < -0.4 is 5.73 Å². The van der Waals surface area contributed by atoms with Gasteiger partial charge >= 0.3 is 5.97 Å². The van der Waals surface area contributed by atoms with E-state index in [4.69, 9.17) is 10.8 Å². The Morgan fingerprint density at radius 3 is 1.78 bits per heavy atom. The lowest BCUT2D eigenvalue weighted by atomic mass is 10.1. The second kappa shape index (κ2) is 15.2. The predicted octanol–water partition coefficient (Wildman–Crippen LogP) is 7.87. The van der Waals surface area contributed by atoms with Gasteiger partial charge in [-0.25, -0.2) is 14.8 Å². The maximum atomic E-state index is 12.0. The van der Waals surface area contributed by atoms with Crippen LogP contribution in [0.1, 0.15) is 43.3 Å². The van der Waals surface area contributed by atoms with E-state index in [9.17, 15) is 9.59 Å². The molecule has 4 heterocycles. The highest BCUT2D eigenvalue weighted by Gasteiger charge is 2.10. The van der Waals surface area contributed by atoms with Gasteiger partial charge in [0, 0.05) is 40.6 Å². The van der Waals surface area contributed by atoms with Gasteiger partial charge in [0.05, 0.1) is 17.3 Å². The molecule has 212 valence electrons. The Hall–Kier alpha value is -3.16. The quantitative estimate of drug-likeness (QED) is 0.118. The van der Waals surface area contributed by atoms with Gasteiger partial charge in [0.2, 0.25) is 0 Å². The van der Waals surface area contributed by atoms with Gasteiger partial charge in [0.25, 0.3) is 0 Å². The lowest BCUT2D eigenvalue weighted by Crippen LogP contribution is -2.01. The number of hydrogen-bond donors (Lipinski definition) is 4. The van der Waals surface area contributed by atoms with Crippen molar-refractivity contribution in [2.45, 2.75) is 25.7 Å². The lowest BCUT2D eigenvalue weighted by Gasteiger charge is -1.99. The van der Waals surface area contributed by atoms with E-state index in [2.05, 4.69) is 82.1 Å². The predicted molar refractivity (Wildman–Crippen MR) is 173 cm³/mol. The van der Waals surface area contributed by atoms with Gasteiger partial charge in [0.1, 0.15) is 4.88 Å². The molecule has 12 heteroatoms. The maximum Gasteiger partial charge on any atom is 0.347 e. The number of benzene rings is 2. The number of ketones is 1. The summed E-state index contributed by atoms with van der Waals surface area (Å²) in [7, 11) is 0. The van der Waals surface area contributed by atoms with Crippen LogP contribution in [0.2, 0.25) is 0 Å². The van der Waals surface area contributed by atoms with Crippen molar-refractivity contribution in [3.05, 3.63) is 102 Å². The third-order valence-electron chi connectivity index (χ3n) is 6.05. The molecule has 0 unspecified atom stereocenters. The van der Waals surface area contributed by atoms with Crippen LogP contribution in [0.4, 0.5) is 0 Å². The molecule has 0 aliphatic heterocycles. The van der Waals surface area contributed by atoms with Crippen molar-refractivity contribution < 1.29 is 14.7 Å². The van der Waals surface area contributed by atoms with E-state index in [1.807, 2.05) is 30.6 Å². The Morgan fingerprint density at radius 2 is 1.32 bits per heavy atom. The van der Waals surface area contributed by atoms with Crippen molar-refractivity contribution in [2.24, 2.45) is 5.73 Å². The summed E-state index contributed by atoms with van der Waals surface area (Å²) in [6.45, 7) is 0.710. The molecule has 41 heavy (non-hydrogen) atoms. The molecule has 4 aromatic heterocycles. The number of nitrogens with two attached hydrogens (primary N) is 1. The molecule has 0 fully saturated rings. The first-order valence-electron chi connectivity index (χ1n) is 12.6. The first-order valence-corrected chi connectivity index (χ1v) is 15.9. The van der Waals surface area contributed by atoms with Gasteiger partial charge in [-0.05, 0) is 80.9 Å². The normalized spacial score (nSPS) is 10.6. The Bertz CT molecular complexity index is 1740. The number of carboxylic acids is 1. The Kier molecular flexibility index (Phi) is 11.4. The number of thiazole rings is 2. The van der Waals surface area contributed by atoms with Crippen LogP contribution in [-0.2, 0) is 12.8 Å². The number of Topliss-reactive ketones (excluding diaryl/α,β-unsaturated/α-hetero) is 1. The van der Waals surface area contributed by atoms with Crippen LogP contribution in [-0.4, -0.2) is 43.3 Å². The molecule has 0 aliphatic rings. The molecular weight excluding hydrogens is 690 g/mol. The van der Waals surface area contributed by atoms with E-state index in [0.717, 1.165) is 44.9 Å². The first-order chi connectivity index (χ1) is 19.9. The van der Waals surface area contributed by atoms with Gasteiger partial charge in [-0.1, -0.05) is 36.4 Å². The van der Waals surface area contributed by atoms with Gasteiger partial charge < -0.3 is 20.8 Å². The number of rotatable bonds is 8. The van der Waals surface area contributed by atoms with Crippen LogP contribution in [0.25, 0.3) is 21.8 Å². The number of halogens is 2. The highest BCUT2D eigenvalue weighted by Crippen LogP contribution is 2.23. The number of aromatic carboxylic acids is 1. The average molecular weight is 718 g/mol. The molecule has 0 spiro atoms. The standard InChI is InChI=1S/C15H13BrN2OS.C10H12N2.C4H2BrNO2S/c16-15-18-9-14(20-15)13(19)7-3-4-10-8-17-12-6-2-1-5-11(10)12;11-6-5-8-7-12-10-4-2-1-3-9(8)10;5-4-6-1-2(9-4)3(7)8/h1-2,5-6,8-9,17H,3-4,7H2;1-4,7,12H,5-6,11H2;1H,(H,7,8). The van der Waals surface area contributed by atoms with E-state index in [-0.39, 0.29) is 10.7 Å². The molecule has 0 amide bonds. The summed E-state index contributed by atoms with van der Waals surface area (Å²) in [6, 6.07) is 16.5. The number of aryl methyl sites for hydroxylation is 1. The maximum absolute atomic E-state index is 12.0. The molecule has 0 radical (unpaired) electrons. The van der Waals surface area contributed by atoms with Crippen LogP contribution in [0.3, 0.4) is 0 Å². The third kappa shape index (κ3) is 8.66. The highest BCUT2D eigenvalue weighted by molar-refractivity contribution is 9.11.